The molecule has 5 heteroatoms. The molecule has 1 fully saturated rings. The lowest BCUT2D eigenvalue weighted by atomic mass is 10.1. The fourth-order valence-corrected chi connectivity index (χ4v) is 2.03. The number of ether oxygens (including phenoxy) is 3. The van der Waals surface area contributed by atoms with E-state index in [4.69, 9.17) is 19.9 Å². The van der Waals surface area contributed by atoms with Gasteiger partial charge in [-0.15, -0.1) is 0 Å². The number of carbonyl (C=O) groups excluding carboxylic acids is 1. The van der Waals surface area contributed by atoms with Gasteiger partial charge >= 0.3 is 0 Å². The van der Waals surface area contributed by atoms with Crippen molar-refractivity contribution in [1.82, 2.24) is 0 Å². The molecule has 0 spiro atoms. The predicted molar refractivity (Wildman–Crippen MR) is 70.8 cm³/mol. The van der Waals surface area contributed by atoms with Crippen LogP contribution in [-0.2, 0) is 4.74 Å². The number of ketones is 1. The lowest BCUT2D eigenvalue weighted by Crippen LogP contribution is -2.26. The first-order valence-electron chi connectivity index (χ1n) is 6.40. The number of carbonyl (C=O) groups is 1. The van der Waals surface area contributed by atoms with Gasteiger partial charge < -0.3 is 19.9 Å². The molecule has 5 nitrogen and oxygen atoms in total. The Kier molecular flexibility index (Phi) is 4.76. The number of benzene rings is 1. The van der Waals surface area contributed by atoms with Gasteiger partial charge in [0.2, 0.25) is 0 Å². The molecule has 1 aliphatic heterocycles. The van der Waals surface area contributed by atoms with Gasteiger partial charge in [-0.05, 0) is 18.2 Å². The molecule has 2 rings (SSSR count). The maximum atomic E-state index is 11.5. The molecule has 0 saturated carbocycles. The van der Waals surface area contributed by atoms with Crippen LogP contribution in [0.15, 0.2) is 18.2 Å². The summed E-state index contributed by atoms with van der Waals surface area (Å²) in [7, 11) is 1.56. The van der Waals surface area contributed by atoms with E-state index in [1.54, 1.807) is 25.3 Å². The minimum atomic E-state index is -0.115. The van der Waals surface area contributed by atoms with Gasteiger partial charge in [0.1, 0.15) is 6.10 Å². The van der Waals surface area contributed by atoms with Crippen LogP contribution in [0.1, 0.15) is 23.2 Å². The first-order chi connectivity index (χ1) is 9.24. The van der Waals surface area contributed by atoms with Crippen LogP contribution >= 0.6 is 0 Å². The van der Waals surface area contributed by atoms with Crippen molar-refractivity contribution in [2.75, 3.05) is 26.9 Å². The fraction of sp³-hybridized carbons (Fsp3) is 0.500. The largest absolute Gasteiger partial charge is 0.493 e. The molecule has 0 amide bonds. The molecular weight excluding hydrogens is 246 g/mol. The maximum Gasteiger partial charge on any atom is 0.176 e. The molecule has 0 atom stereocenters. The van der Waals surface area contributed by atoms with Gasteiger partial charge in [-0.2, -0.15) is 0 Å². The van der Waals surface area contributed by atoms with E-state index in [0.717, 1.165) is 26.1 Å². The molecule has 0 bridgehead atoms. The maximum absolute atomic E-state index is 11.5. The molecular formula is C14H19NO4. The molecule has 0 unspecified atom stereocenters. The summed E-state index contributed by atoms with van der Waals surface area (Å²) < 4.78 is 16.5. The van der Waals surface area contributed by atoms with Crippen molar-refractivity contribution >= 4 is 5.78 Å². The lowest BCUT2D eigenvalue weighted by molar-refractivity contribution is 0.0245. The predicted octanol–water partition coefficient (Wildman–Crippen LogP) is 1.39. The molecule has 1 aliphatic rings. The summed E-state index contributed by atoms with van der Waals surface area (Å²) >= 11 is 0. The minimum Gasteiger partial charge on any atom is -0.493 e. The number of hydrogen-bond donors (Lipinski definition) is 1. The van der Waals surface area contributed by atoms with Crippen molar-refractivity contribution in [1.29, 1.82) is 0 Å². The SMILES string of the molecule is COc1cc(C(=O)CN)ccc1OC1CCOCC1. The lowest BCUT2D eigenvalue weighted by Gasteiger charge is -2.24. The van der Waals surface area contributed by atoms with Crippen LogP contribution in [0, 0.1) is 0 Å². The molecule has 1 saturated heterocycles. The number of hydrogen-bond acceptors (Lipinski definition) is 5. The second kappa shape index (κ2) is 6.54. The van der Waals surface area contributed by atoms with Crippen molar-refractivity contribution in [3.05, 3.63) is 23.8 Å². The van der Waals surface area contributed by atoms with Crippen LogP contribution in [0.2, 0.25) is 0 Å². The molecule has 0 aromatic heterocycles. The van der Waals surface area contributed by atoms with Crippen molar-refractivity contribution in [3.8, 4) is 11.5 Å². The van der Waals surface area contributed by atoms with Crippen LogP contribution in [0.25, 0.3) is 0 Å². The first kappa shape index (κ1) is 13.8. The Morgan fingerprint density at radius 1 is 1.37 bits per heavy atom. The second-order valence-corrected chi connectivity index (χ2v) is 4.42. The zero-order valence-electron chi connectivity index (χ0n) is 11.1. The van der Waals surface area contributed by atoms with E-state index in [-0.39, 0.29) is 18.4 Å². The van der Waals surface area contributed by atoms with Gasteiger partial charge in [-0.25, -0.2) is 0 Å². The van der Waals surface area contributed by atoms with Crippen molar-refractivity contribution in [3.63, 3.8) is 0 Å². The van der Waals surface area contributed by atoms with E-state index < -0.39 is 0 Å². The normalized spacial score (nSPS) is 16.1. The highest BCUT2D eigenvalue weighted by atomic mass is 16.5. The summed E-state index contributed by atoms with van der Waals surface area (Å²) in [6, 6.07) is 5.15. The third-order valence-corrected chi connectivity index (χ3v) is 3.13. The highest BCUT2D eigenvalue weighted by Gasteiger charge is 2.18. The van der Waals surface area contributed by atoms with Gasteiger partial charge in [0, 0.05) is 18.4 Å². The third-order valence-electron chi connectivity index (χ3n) is 3.13. The minimum absolute atomic E-state index is 0.0106. The summed E-state index contributed by atoms with van der Waals surface area (Å²) in [5.41, 5.74) is 5.89. The van der Waals surface area contributed by atoms with Crippen molar-refractivity contribution in [2.45, 2.75) is 18.9 Å². The van der Waals surface area contributed by atoms with Gasteiger partial charge in [0.25, 0.3) is 0 Å². The Morgan fingerprint density at radius 3 is 2.74 bits per heavy atom. The monoisotopic (exact) mass is 265 g/mol. The van der Waals surface area contributed by atoms with E-state index in [2.05, 4.69) is 0 Å². The van der Waals surface area contributed by atoms with E-state index in [1.807, 2.05) is 0 Å². The number of Topliss-reactive ketones (excluding diaryl/α,β-unsaturated/α-hetero) is 1. The van der Waals surface area contributed by atoms with Crippen LogP contribution < -0.4 is 15.2 Å². The highest BCUT2D eigenvalue weighted by Crippen LogP contribution is 2.30. The molecule has 1 aromatic carbocycles. The summed E-state index contributed by atoms with van der Waals surface area (Å²) in [6.45, 7) is 1.43. The number of rotatable bonds is 5. The van der Waals surface area contributed by atoms with E-state index >= 15 is 0 Å². The molecule has 1 aromatic rings. The Hall–Kier alpha value is -1.59. The topological polar surface area (TPSA) is 70.8 Å². The Labute approximate surface area is 112 Å². The standard InChI is InChI=1S/C14H19NO4/c1-17-14-8-10(12(16)9-15)2-3-13(14)19-11-4-6-18-7-5-11/h2-3,8,11H,4-7,9,15H2,1H3. The van der Waals surface area contributed by atoms with Crippen molar-refractivity contribution in [2.24, 2.45) is 5.73 Å². The molecule has 0 radical (unpaired) electrons. The van der Waals surface area contributed by atoms with Crippen molar-refractivity contribution < 1.29 is 19.0 Å². The fourth-order valence-electron chi connectivity index (χ4n) is 2.03. The second-order valence-electron chi connectivity index (χ2n) is 4.42. The van der Waals surface area contributed by atoms with Gasteiger partial charge in [-0.3, -0.25) is 4.79 Å². The van der Waals surface area contributed by atoms with Crippen LogP contribution in [0.4, 0.5) is 0 Å². The quantitative estimate of drug-likeness (QED) is 0.815. The van der Waals surface area contributed by atoms with Crippen LogP contribution in [0.5, 0.6) is 11.5 Å². The van der Waals surface area contributed by atoms with E-state index in [9.17, 15) is 4.79 Å². The average Bonchev–Trinajstić information content (AvgIpc) is 2.48. The average molecular weight is 265 g/mol. The Morgan fingerprint density at radius 2 is 2.11 bits per heavy atom. The summed E-state index contributed by atoms with van der Waals surface area (Å²) in [5.74, 6) is 1.10. The highest BCUT2D eigenvalue weighted by molar-refractivity contribution is 5.98. The van der Waals surface area contributed by atoms with E-state index in [0.29, 0.717) is 17.1 Å². The molecule has 19 heavy (non-hydrogen) atoms. The number of nitrogens with two attached hydrogens (primary N) is 1. The van der Waals surface area contributed by atoms with Gasteiger partial charge in [-0.1, -0.05) is 0 Å². The smallest absolute Gasteiger partial charge is 0.176 e. The summed E-state index contributed by atoms with van der Waals surface area (Å²) in [4.78, 5) is 11.5. The molecule has 0 aliphatic carbocycles. The van der Waals surface area contributed by atoms with Crippen LogP contribution in [0.3, 0.4) is 0 Å². The zero-order valence-corrected chi connectivity index (χ0v) is 11.1. The first-order valence-corrected chi connectivity index (χ1v) is 6.40. The Balaban J connectivity index is 2.13. The molecule has 2 N–H and O–H groups in total. The third kappa shape index (κ3) is 3.45. The van der Waals surface area contributed by atoms with Gasteiger partial charge in [0.05, 0.1) is 26.9 Å². The van der Waals surface area contributed by atoms with Gasteiger partial charge in [0.15, 0.2) is 17.3 Å². The summed E-state index contributed by atoms with van der Waals surface area (Å²) in [5, 5.41) is 0. The van der Waals surface area contributed by atoms with E-state index in [1.165, 1.54) is 0 Å². The summed E-state index contributed by atoms with van der Waals surface area (Å²) in [6.07, 6.45) is 1.87. The zero-order chi connectivity index (χ0) is 13.7. The molecule has 1 heterocycles. The van der Waals surface area contributed by atoms with Crippen LogP contribution in [-0.4, -0.2) is 38.8 Å². The Bertz CT molecular complexity index is 441. The molecule has 104 valence electrons. The number of methoxy groups -OCH3 is 1.